The summed E-state index contributed by atoms with van der Waals surface area (Å²) in [6.45, 7) is 4.66. The molecule has 0 unspecified atom stereocenters. The zero-order chi connectivity index (χ0) is 20.5. The molecule has 1 aromatic heterocycles. The molecule has 2 atom stereocenters. The van der Waals surface area contributed by atoms with E-state index in [0.29, 0.717) is 45.8 Å². The van der Waals surface area contributed by atoms with Crippen LogP contribution in [0.2, 0.25) is 0 Å². The zero-order valence-corrected chi connectivity index (χ0v) is 17.2. The summed E-state index contributed by atoms with van der Waals surface area (Å²) in [5.41, 5.74) is 1.23. The zero-order valence-electron chi connectivity index (χ0n) is 17.2. The molecular formula is C22H29N5O3. The normalized spacial score (nSPS) is 25.4. The number of hydrogen-bond donors (Lipinski definition) is 1. The lowest BCUT2D eigenvalue weighted by molar-refractivity contribution is -0.140. The van der Waals surface area contributed by atoms with E-state index in [1.165, 1.54) is 5.56 Å². The van der Waals surface area contributed by atoms with E-state index in [1.807, 2.05) is 23.1 Å². The Morgan fingerprint density at radius 2 is 1.93 bits per heavy atom. The summed E-state index contributed by atoms with van der Waals surface area (Å²) in [7, 11) is 0. The average molecular weight is 412 g/mol. The van der Waals surface area contributed by atoms with Gasteiger partial charge in [-0.1, -0.05) is 30.3 Å². The van der Waals surface area contributed by atoms with Crippen molar-refractivity contribution in [3.8, 4) is 0 Å². The molecule has 3 aliphatic rings. The molecule has 8 nitrogen and oxygen atoms in total. The van der Waals surface area contributed by atoms with Crippen LogP contribution in [-0.2, 0) is 29.2 Å². The maximum Gasteiger partial charge on any atom is 0.226 e. The minimum absolute atomic E-state index is 0.0409. The molecule has 0 radical (unpaired) electrons. The molecule has 0 spiro atoms. The Balaban J connectivity index is 1.31. The number of carbonyl (C=O) groups excluding carboxylic acids is 1. The first-order chi connectivity index (χ1) is 14.7. The first-order valence-electron chi connectivity index (χ1n) is 10.9. The van der Waals surface area contributed by atoms with E-state index >= 15 is 0 Å². The summed E-state index contributed by atoms with van der Waals surface area (Å²) < 4.78 is 7.55. The Kier molecular flexibility index (Phi) is 5.54. The summed E-state index contributed by atoms with van der Waals surface area (Å²) in [4.78, 5) is 17.1. The van der Waals surface area contributed by atoms with Gasteiger partial charge in [-0.25, -0.2) is 0 Å². The van der Waals surface area contributed by atoms with Crippen molar-refractivity contribution in [1.29, 1.82) is 0 Å². The number of aromatic nitrogens is 3. The lowest BCUT2D eigenvalue weighted by atomic mass is 9.98. The molecular weight excluding hydrogens is 382 g/mol. The summed E-state index contributed by atoms with van der Waals surface area (Å²) in [6, 6.07) is 10.4. The molecule has 5 rings (SSSR count). The van der Waals surface area contributed by atoms with Gasteiger partial charge in [0.1, 0.15) is 0 Å². The average Bonchev–Trinajstić information content (AvgIpc) is 3.36. The number of amides is 1. The number of likely N-dealkylation sites (tertiary alicyclic amines) is 1. The van der Waals surface area contributed by atoms with Crippen molar-refractivity contribution in [1.82, 2.24) is 24.6 Å². The van der Waals surface area contributed by atoms with Gasteiger partial charge < -0.3 is 19.3 Å². The van der Waals surface area contributed by atoms with Crippen LogP contribution in [0.4, 0.5) is 0 Å². The Hall–Kier alpha value is -2.29. The van der Waals surface area contributed by atoms with Crippen LogP contribution in [0.25, 0.3) is 0 Å². The molecule has 160 valence electrons. The SMILES string of the molecule is O=C(C1CCOCC1)N1CCn2c(nnc2[C@@H]2C[C@@H](O)CN2Cc2ccccc2)C1. The summed E-state index contributed by atoms with van der Waals surface area (Å²) in [6.07, 6.45) is 1.92. The number of hydrogen-bond acceptors (Lipinski definition) is 6. The lowest BCUT2D eigenvalue weighted by Gasteiger charge is -2.33. The second-order valence-corrected chi connectivity index (χ2v) is 8.59. The minimum atomic E-state index is -0.359. The first-order valence-corrected chi connectivity index (χ1v) is 10.9. The van der Waals surface area contributed by atoms with Crippen LogP contribution in [0, 0.1) is 5.92 Å². The van der Waals surface area contributed by atoms with E-state index < -0.39 is 0 Å². The van der Waals surface area contributed by atoms with Crippen molar-refractivity contribution in [2.45, 2.75) is 51.0 Å². The van der Waals surface area contributed by atoms with E-state index in [4.69, 9.17) is 4.74 Å². The van der Waals surface area contributed by atoms with E-state index in [0.717, 1.165) is 31.0 Å². The number of aliphatic hydroxyl groups excluding tert-OH is 1. The largest absolute Gasteiger partial charge is 0.392 e. The smallest absolute Gasteiger partial charge is 0.226 e. The van der Waals surface area contributed by atoms with Crippen molar-refractivity contribution >= 4 is 5.91 Å². The highest BCUT2D eigenvalue weighted by molar-refractivity contribution is 5.79. The summed E-state index contributed by atoms with van der Waals surface area (Å²) in [5.74, 6) is 2.04. The number of nitrogens with zero attached hydrogens (tertiary/aromatic N) is 5. The van der Waals surface area contributed by atoms with Crippen LogP contribution < -0.4 is 0 Å². The molecule has 2 saturated heterocycles. The number of ether oxygens (including phenoxy) is 1. The molecule has 4 heterocycles. The van der Waals surface area contributed by atoms with Crippen LogP contribution in [0.1, 0.15) is 42.5 Å². The number of fused-ring (bicyclic) bond motifs is 1. The summed E-state index contributed by atoms with van der Waals surface area (Å²) in [5, 5.41) is 19.3. The molecule has 8 heteroatoms. The fourth-order valence-corrected chi connectivity index (χ4v) is 4.96. The van der Waals surface area contributed by atoms with E-state index in [2.05, 4.69) is 31.8 Å². The fourth-order valence-electron chi connectivity index (χ4n) is 4.96. The molecule has 0 bridgehead atoms. The molecule has 3 aliphatic heterocycles. The van der Waals surface area contributed by atoms with Crippen LogP contribution >= 0.6 is 0 Å². The van der Waals surface area contributed by atoms with Gasteiger partial charge in [-0.15, -0.1) is 10.2 Å². The van der Waals surface area contributed by atoms with Crippen LogP contribution in [0.15, 0.2) is 30.3 Å². The first kappa shape index (κ1) is 19.7. The lowest BCUT2D eigenvalue weighted by Crippen LogP contribution is -2.43. The molecule has 0 saturated carbocycles. The molecule has 1 amide bonds. The molecule has 2 aromatic rings. The van der Waals surface area contributed by atoms with Crippen molar-refractivity contribution in [2.75, 3.05) is 26.3 Å². The number of carbonyl (C=O) groups is 1. The highest BCUT2D eigenvalue weighted by atomic mass is 16.5. The molecule has 1 N–H and O–H groups in total. The van der Waals surface area contributed by atoms with Gasteiger partial charge in [0.15, 0.2) is 11.6 Å². The number of β-amino-alcohol motifs (C(OH)–C–C–N with tert-alkyl or cyclic N) is 1. The second kappa shape index (κ2) is 8.45. The van der Waals surface area contributed by atoms with Crippen molar-refractivity contribution < 1.29 is 14.6 Å². The third-order valence-electron chi connectivity index (χ3n) is 6.57. The van der Waals surface area contributed by atoms with Gasteiger partial charge in [-0.2, -0.15) is 0 Å². The van der Waals surface area contributed by atoms with Gasteiger partial charge in [-0.05, 0) is 24.8 Å². The monoisotopic (exact) mass is 411 g/mol. The number of aliphatic hydroxyl groups is 1. The summed E-state index contributed by atoms with van der Waals surface area (Å²) >= 11 is 0. The van der Waals surface area contributed by atoms with Crippen molar-refractivity contribution in [2.24, 2.45) is 5.92 Å². The molecule has 1 aromatic carbocycles. The van der Waals surface area contributed by atoms with E-state index in [1.54, 1.807) is 0 Å². The van der Waals surface area contributed by atoms with Gasteiger partial charge in [0.2, 0.25) is 5.91 Å². The Morgan fingerprint density at radius 1 is 1.13 bits per heavy atom. The van der Waals surface area contributed by atoms with Gasteiger partial charge in [-0.3, -0.25) is 9.69 Å². The Labute approximate surface area is 176 Å². The second-order valence-electron chi connectivity index (χ2n) is 8.59. The minimum Gasteiger partial charge on any atom is -0.392 e. The standard InChI is InChI=1S/C22H29N5O3/c28-18-12-19(26(14-18)13-16-4-2-1-3-5-16)21-24-23-20-15-25(8-9-27(20)21)22(29)17-6-10-30-11-7-17/h1-5,17-19,28H,6-15H2/t18-,19+/m1/s1. The van der Waals surface area contributed by atoms with Gasteiger partial charge in [0.05, 0.1) is 18.7 Å². The van der Waals surface area contributed by atoms with Crippen LogP contribution in [0.3, 0.4) is 0 Å². The van der Waals surface area contributed by atoms with Crippen LogP contribution in [0.5, 0.6) is 0 Å². The van der Waals surface area contributed by atoms with Gasteiger partial charge in [0, 0.05) is 45.3 Å². The highest BCUT2D eigenvalue weighted by Crippen LogP contribution is 2.34. The van der Waals surface area contributed by atoms with E-state index in [-0.39, 0.29) is 24.0 Å². The molecule has 2 fully saturated rings. The topological polar surface area (TPSA) is 83.7 Å². The number of benzene rings is 1. The predicted octanol–water partition coefficient (Wildman–Crippen LogP) is 1.35. The maximum atomic E-state index is 12.9. The Bertz CT molecular complexity index is 880. The highest BCUT2D eigenvalue weighted by Gasteiger charge is 2.37. The van der Waals surface area contributed by atoms with E-state index in [9.17, 15) is 9.90 Å². The number of rotatable bonds is 4. The van der Waals surface area contributed by atoms with Crippen LogP contribution in [-0.4, -0.2) is 68.0 Å². The maximum absolute atomic E-state index is 12.9. The van der Waals surface area contributed by atoms with Gasteiger partial charge in [0.25, 0.3) is 0 Å². The third-order valence-corrected chi connectivity index (χ3v) is 6.57. The van der Waals surface area contributed by atoms with Gasteiger partial charge >= 0.3 is 0 Å². The predicted molar refractivity (Wildman–Crippen MR) is 109 cm³/mol. The molecule has 30 heavy (non-hydrogen) atoms. The fraction of sp³-hybridized carbons (Fsp3) is 0.591. The van der Waals surface area contributed by atoms with Crippen molar-refractivity contribution in [3.63, 3.8) is 0 Å². The Morgan fingerprint density at radius 3 is 2.73 bits per heavy atom. The third kappa shape index (κ3) is 3.87. The quantitative estimate of drug-likeness (QED) is 0.818. The van der Waals surface area contributed by atoms with Crippen molar-refractivity contribution in [3.05, 3.63) is 47.5 Å². The molecule has 0 aliphatic carbocycles.